The van der Waals surface area contributed by atoms with Crippen LogP contribution in [-0.4, -0.2) is 39.0 Å². The highest BCUT2D eigenvalue weighted by atomic mass is 32.2. The average Bonchev–Trinajstić information content (AvgIpc) is 3.07. The molecule has 0 spiro atoms. The Morgan fingerprint density at radius 2 is 1.92 bits per heavy atom. The van der Waals surface area contributed by atoms with E-state index in [1.165, 1.54) is 49.8 Å². The molecule has 3 saturated heterocycles. The SMILES string of the molecule is Fc1cc(F)cc(C#CCSc2nsnc2[C@@H]2CN3CCC2CC3)c1. The van der Waals surface area contributed by atoms with Gasteiger partial charge in [-0.05, 0) is 44.0 Å². The molecular formula is C18H17F2N3S2. The second kappa shape index (κ2) is 7.40. The predicted molar refractivity (Wildman–Crippen MR) is 95.8 cm³/mol. The van der Waals surface area contributed by atoms with Crippen LogP contribution >= 0.6 is 23.5 Å². The summed E-state index contributed by atoms with van der Waals surface area (Å²) in [5.74, 6) is 6.29. The highest BCUT2D eigenvalue weighted by molar-refractivity contribution is 7.99. The Hall–Kier alpha value is -1.49. The van der Waals surface area contributed by atoms with Gasteiger partial charge >= 0.3 is 0 Å². The minimum atomic E-state index is -0.606. The number of thioether (sulfide) groups is 1. The van der Waals surface area contributed by atoms with Crippen LogP contribution in [0.2, 0.25) is 0 Å². The standard InChI is InChI=1S/C18H17F2N3S2/c19-14-8-12(9-15(20)10-14)2-1-7-24-18-17(21-25-22-18)16-11-23-5-3-13(16)4-6-23/h8-10,13,16H,3-7,11H2/t16-/m1/s1. The highest BCUT2D eigenvalue weighted by Crippen LogP contribution is 2.41. The molecule has 3 aliphatic rings. The van der Waals surface area contributed by atoms with E-state index < -0.39 is 11.6 Å². The van der Waals surface area contributed by atoms with Gasteiger partial charge in [-0.3, -0.25) is 0 Å². The Kier molecular flexibility index (Phi) is 5.02. The van der Waals surface area contributed by atoms with Gasteiger partial charge in [0.1, 0.15) is 16.7 Å². The Morgan fingerprint density at radius 3 is 2.60 bits per heavy atom. The summed E-state index contributed by atoms with van der Waals surface area (Å²) >= 11 is 2.82. The Bertz CT molecular complexity index is 799. The molecule has 0 N–H and O–H groups in total. The fourth-order valence-corrected chi connectivity index (χ4v) is 5.17. The summed E-state index contributed by atoms with van der Waals surface area (Å²) in [6.45, 7) is 3.49. The van der Waals surface area contributed by atoms with Crippen LogP contribution < -0.4 is 0 Å². The maximum atomic E-state index is 13.2. The molecule has 4 heterocycles. The van der Waals surface area contributed by atoms with Crippen molar-refractivity contribution in [1.82, 2.24) is 13.6 Å². The first-order valence-electron chi connectivity index (χ1n) is 8.31. The van der Waals surface area contributed by atoms with E-state index in [1.54, 1.807) is 11.8 Å². The summed E-state index contributed by atoms with van der Waals surface area (Å²) < 4.78 is 35.3. The third kappa shape index (κ3) is 3.86. The molecule has 1 aromatic heterocycles. The lowest BCUT2D eigenvalue weighted by molar-refractivity contribution is 0.0846. The van der Waals surface area contributed by atoms with Gasteiger partial charge < -0.3 is 4.90 Å². The third-order valence-corrected chi connectivity index (χ3v) is 6.39. The highest BCUT2D eigenvalue weighted by Gasteiger charge is 2.37. The van der Waals surface area contributed by atoms with Gasteiger partial charge in [0.2, 0.25) is 0 Å². The van der Waals surface area contributed by atoms with Crippen LogP contribution in [0.4, 0.5) is 8.78 Å². The Labute approximate surface area is 154 Å². The molecule has 5 rings (SSSR count). The zero-order valence-electron chi connectivity index (χ0n) is 13.5. The summed E-state index contributed by atoms with van der Waals surface area (Å²) in [6.07, 6.45) is 2.49. The van der Waals surface area contributed by atoms with E-state index in [0.29, 0.717) is 17.2 Å². The number of hydrogen-bond acceptors (Lipinski definition) is 5. The van der Waals surface area contributed by atoms with Gasteiger partial charge in [0.05, 0.1) is 23.2 Å². The number of benzene rings is 1. The van der Waals surface area contributed by atoms with Gasteiger partial charge in [0.15, 0.2) is 0 Å². The molecule has 25 heavy (non-hydrogen) atoms. The van der Waals surface area contributed by atoms with Crippen LogP contribution in [0.25, 0.3) is 0 Å². The van der Waals surface area contributed by atoms with E-state index >= 15 is 0 Å². The predicted octanol–water partition coefficient (Wildman–Crippen LogP) is 3.77. The number of piperidine rings is 3. The van der Waals surface area contributed by atoms with Crippen LogP contribution in [0.5, 0.6) is 0 Å². The second-order valence-electron chi connectivity index (χ2n) is 6.45. The lowest BCUT2D eigenvalue weighted by atomic mass is 9.78. The van der Waals surface area contributed by atoms with Gasteiger partial charge in [-0.1, -0.05) is 23.6 Å². The van der Waals surface area contributed by atoms with E-state index in [1.807, 2.05) is 0 Å². The van der Waals surface area contributed by atoms with E-state index in [4.69, 9.17) is 0 Å². The molecule has 0 unspecified atom stereocenters. The lowest BCUT2D eigenvalue weighted by Crippen LogP contribution is -2.46. The largest absolute Gasteiger partial charge is 0.303 e. The molecule has 3 aliphatic heterocycles. The van der Waals surface area contributed by atoms with Crippen molar-refractivity contribution in [3.05, 3.63) is 41.1 Å². The van der Waals surface area contributed by atoms with E-state index in [-0.39, 0.29) is 0 Å². The molecule has 0 radical (unpaired) electrons. The summed E-state index contributed by atoms with van der Waals surface area (Å²) in [6, 6.07) is 3.33. The topological polar surface area (TPSA) is 29.0 Å². The zero-order valence-corrected chi connectivity index (χ0v) is 15.2. The molecule has 1 aromatic carbocycles. The molecule has 2 bridgehead atoms. The molecule has 0 saturated carbocycles. The molecule has 3 fully saturated rings. The van der Waals surface area contributed by atoms with Crippen molar-refractivity contribution in [2.75, 3.05) is 25.4 Å². The molecule has 1 atom stereocenters. The van der Waals surface area contributed by atoms with E-state index in [9.17, 15) is 8.78 Å². The molecule has 3 nitrogen and oxygen atoms in total. The maximum Gasteiger partial charge on any atom is 0.134 e. The van der Waals surface area contributed by atoms with Crippen molar-refractivity contribution in [2.24, 2.45) is 5.92 Å². The molecule has 7 heteroatoms. The van der Waals surface area contributed by atoms with Crippen LogP contribution in [0.3, 0.4) is 0 Å². The van der Waals surface area contributed by atoms with Crippen molar-refractivity contribution in [1.29, 1.82) is 0 Å². The first kappa shape index (κ1) is 17.0. The first-order chi connectivity index (χ1) is 12.2. The van der Waals surface area contributed by atoms with Gasteiger partial charge in [0.25, 0.3) is 0 Å². The van der Waals surface area contributed by atoms with Gasteiger partial charge in [-0.2, -0.15) is 8.75 Å². The Morgan fingerprint density at radius 1 is 1.16 bits per heavy atom. The number of hydrogen-bond donors (Lipinski definition) is 0. The molecule has 2 aromatic rings. The van der Waals surface area contributed by atoms with Gasteiger partial charge in [0, 0.05) is 24.1 Å². The monoisotopic (exact) mass is 377 g/mol. The molecular weight excluding hydrogens is 360 g/mol. The van der Waals surface area contributed by atoms with Gasteiger partial charge in [-0.25, -0.2) is 8.78 Å². The number of fused-ring (bicyclic) bond motifs is 3. The summed E-state index contributed by atoms with van der Waals surface area (Å²) in [4.78, 5) is 2.51. The summed E-state index contributed by atoms with van der Waals surface area (Å²) in [5, 5.41) is 0.962. The summed E-state index contributed by atoms with van der Waals surface area (Å²) in [7, 11) is 0. The maximum absolute atomic E-state index is 13.2. The fraction of sp³-hybridized carbons (Fsp3) is 0.444. The number of rotatable bonds is 3. The van der Waals surface area contributed by atoms with Crippen LogP contribution in [0.15, 0.2) is 23.2 Å². The van der Waals surface area contributed by atoms with Crippen molar-refractivity contribution < 1.29 is 8.78 Å². The minimum Gasteiger partial charge on any atom is -0.303 e. The van der Waals surface area contributed by atoms with Crippen molar-refractivity contribution >= 4 is 23.5 Å². The fourth-order valence-electron chi connectivity index (χ4n) is 3.66. The second-order valence-corrected chi connectivity index (χ2v) is 7.94. The molecule has 0 aliphatic carbocycles. The quantitative estimate of drug-likeness (QED) is 0.601. The van der Waals surface area contributed by atoms with Crippen molar-refractivity contribution in [3.8, 4) is 11.8 Å². The van der Waals surface area contributed by atoms with Crippen molar-refractivity contribution in [2.45, 2.75) is 23.8 Å². The van der Waals surface area contributed by atoms with E-state index in [0.717, 1.165) is 29.2 Å². The van der Waals surface area contributed by atoms with Crippen LogP contribution in [0, 0.1) is 29.4 Å². The van der Waals surface area contributed by atoms with Crippen LogP contribution in [-0.2, 0) is 0 Å². The molecule has 130 valence electrons. The lowest BCUT2D eigenvalue weighted by Gasteiger charge is -2.44. The molecule has 0 amide bonds. The number of halogens is 2. The number of nitrogens with zero attached hydrogens (tertiary/aromatic N) is 3. The Balaban J connectivity index is 1.41. The minimum absolute atomic E-state index is 0.354. The average molecular weight is 377 g/mol. The normalized spacial score (nSPS) is 24.8. The van der Waals surface area contributed by atoms with Crippen LogP contribution in [0.1, 0.15) is 30.0 Å². The first-order valence-corrected chi connectivity index (χ1v) is 10.0. The van der Waals surface area contributed by atoms with Gasteiger partial charge in [-0.15, -0.1) is 0 Å². The zero-order chi connectivity index (χ0) is 17.2. The third-order valence-electron chi connectivity index (χ3n) is 4.87. The number of aromatic nitrogens is 2. The van der Waals surface area contributed by atoms with Crippen molar-refractivity contribution in [3.63, 3.8) is 0 Å². The van der Waals surface area contributed by atoms with E-state index in [2.05, 4.69) is 25.5 Å². The smallest absolute Gasteiger partial charge is 0.134 e. The summed E-state index contributed by atoms with van der Waals surface area (Å²) in [5.41, 5.74) is 1.47.